The molecule has 0 aliphatic rings. The van der Waals surface area contributed by atoms with Gasteiger partial charge < -0.3 is 19.2 Å². The fraction of sp³-hybridized carbons (Fsp3) is 0.407. The van der Waals surface area contributed by atoms with Crippen LogP contribution in [0.2, 0.25) is 0 Å². The summed E-state index contributed by atoms with van der Waals surface area (Å²) in [6, 6.07) is 15.3. The van der Waals surface area contributed by atoms with Crippen molar-refractivity contribution in [2.24, 2.45) is 5.92 Å². The molecule has 0 aliphatic heterocycles. The molecule has 1 atom stereocenters. The second-order valence-corrected chi connectivity index (χ2v) is 8.99. The first-order chi connectivity index (χ1) is 15.8. The summed E-state index contributed by atoms with van der Waals surface area (Å²) in [5, 5.41) is 2.97. The van der Waals surface area contributed by atoms with Crippen LogP contribution in [0.25, 0.3) is 0 Å². The van der Waals surface area contributed by atoms with E-state index in [1.807, 2.05) is 67.4 Å². The molecular formula is C27H35N3O3. The number of furan rings is 1. The third-order valence-corrected chi connectivity index (χ3v) is 5.93. The average Bonchev–Trinajstić information content (AvgIpc) is 3.43. The number of hydrogen-bond donors (Lipinski definition) is 1. The van der Waals surface area contributed by atoms with Crippen molar-refractivity contribution in [2.75, 3.05) is 6.54 Å². The molecule has 1 N–H and O–H groups in total. The third kappa shape index (κ3) is 6.37. The number of aryl methyl sites for hydroxylation is 1. The van der Waals surface area contributed by atoms with Crippen molar-refractivity contribution in [3.63, 3.8) is 0 Å². The van der Waals surface area contributed by atoms with E-state index in [9.17, 15) is 9.59 Å². The minimum atomic E-state index is -0.201. The van der Waals surface area contributed by atoms with E-state index in [4.69, 9.17) is 4.42 Å². The molecule has 6 heteroatoms. The van der Waals surface area contributed by atoms with Crippen molar-refractivity contribution < 1.29 is 14.0 Å². The summed E-state index contributed by atoms with van der Waals surface area (Å²) in [6.07, 6.45) is 2.85. The minimum Gasteiger partial charge on any atom is -0.454 e. The van der Waals surface area contributed by atoms with E-state index < -0.39 is 0 Å². The molecule has 0 saturated heterocycles. The Balaban J connectivity index is 1.70. The highest BCUT2D eigenvalue weighted by Gasteiger charge is 2.19. The Morgan fingerprint density at radius 1 is 1.06 bits per heavy atom. The lowest BCUT2D eigenvalue weighted by Crippen LogP contribution is -2.35. The van der Waals surface area contributed by atoms with Crippen LogP contribution in [0.5, 0.6) is 0 Å². The number of carbonyl (C=O) groups is 2. The van der Waals surface area contributed by atoms with Gasteiger partial charge in [0.05, 0.1) is 13.1 Å². The highest BCUT2D eigenvalue weighted by Crippen LogP contribution is 2.16. The van der Waals surface area contributed by atoms with E-state index in [0.29, 0.717) is 42.6 Å². The van der Waals surface area contributed by atoms with Gasteiger partial charge in [0.1, 0.15) is 5.76 Å². The lowest BCUT2D eigenvalue weighted by atomic mass is 10.1. The second-order valence-electron chi connectivity index (χ2n) is 8.99. The zero-order valence-corrected chi connectivity index (χ0v) is 20.3. The Kier molecular flexibility index (Phi) is 8.15. The van der Waals surface area contributed by atoms with Crippen molar-refractivity contribution >= 4 is 11.8 Å². The molecule has 3 rings (SSSR count). The first-order valence-electron chi connectivity index (χ1n) is 11.7. The number of nitrogens with one attached hydrogen (secondary N) is 1. The molecule has 6 nitrogen and oxygen atoms in total. The molecule has 0 bridgehead atoms. The second kappa shape index (κ2) is 11.0. The predicted molar refractivity (Wildman–Crippen MR) is 130 cm³/mol. The number of aromatic nitrogens is 1. The van der Waals surface area contributed by atoms with Crippen LogP contribution in [-0.4, -0.2) is 33.9 Å². The smallest absolute Gasteiger partial charge is 0.287 e. The summed E-state index contributed by atoms with van der Waals surface area (Å²) in [5.74, 6) is 1.18. The highest BCUT2D eigenvalue weighted by molar-refractivity contribution is 5.94. The van der Waals surface area contributed by atoms with Gasteiger partial charge in [-0.2, -0.15) is 0 Å². The van der Waals surface area contributed by atoms with E-state index >= 15 is 0 Å². The number of benzene rings is 1. The van der Waals surface area contributed by atoms with Crippen molar-refractivity contribution in [3.05, 3.63) is 83.1 Å². The molecule has 0 aliphatic carbocycles. The largest absolute Gasteiger partial charge is 0.454 e. The molecule has 0 radical (unpaired) electrons. The summed E-state index contributed by atoms with van der Waals surface area (Å²) in [5.41, 5.74) is 2.84. The number of amides is 2. The Morgan fingerprint density at radius 2 is 1.79 bits per heavy atom. The van der Waals surface area contributed by atoms with E-state index in [-0.39, 0.29) is 17.9 Å². The SMILES string of the molecule is CCCN(Cc1cccn1Cc1ccc(C(=O)NC(C)C(C)C)o1)C(=O)c1ccc(C)cc1. The molecular weight excluding hydrogens is 414 g/mol. The van der Waals surface area contributed by atoms with Gasteiger partial charge in [0.25, 0.3) is 11.8 Å². The first-order valence-corrected chi connectivity index (χ1v) is 11.7. The molecule has 0 fully saturated rings. The summed E-state index contributed by atoms with van der Waals surface area (Å²) in [6.45, 7) is 11.9. The van der Waals surface area contributed by atoms with Crippen LogP contribution in [0.15, 0.2) is 59.1 Å². The number of hydrogen-bond acceptors (Lipinski definition) is 3. The Morgan fingerprint density at radius 3 is 2.45 bits per heavy atom. The minimum absolute atomic E-state index is 0.0285. The highest BCUT2D eigenvalue weighted by atomic mass is 16.4. The molecule has 2 aromatic heterocycles. The maximum atomic E-state index is 13.1. The number of rotatable bonds is 10. The van der Waals surface area contributed by atoms with Crippen LogP contribution >= 0.6 is 0 Å². The molecule has 176 valence electrons. The van der Waals surface area contributed by atoms with Crippen LogP contribution in [0.3, 0.4) is 0 Å². The molecule has 0 saturated carbocycles. The van der Waals surface area contributed by atoms with Gasteiger partial charge in [-0.15, -0.1) is 0 Å². The molecule has 3 aromatic rings. The summed E-state index contributed by atoms with van der Waals surface area (Å²) in [4.78, 5) is 27.4. The van der Waals surface area contributed by atoms with Crippen LogP contribution in [0, 0.1) is 12.8 Å². The van der Waals surface area contributed by atoms with Gasteiger partial charge in [-0.3, -0.25) is 9.59 Å². The molecule has 1 aromatic carbocycles. The Hall–Kier alpha value is -3.28. The fourth-order valence-electron chi connectivity index (χ4n) is 3.54. The monoisotopic (exact) mass is 449 g/mol. The fourth-order valence-corrected chi connectivity index (χ4v) is 3.54. The van der Waals surface area contributed by atoms with Crippen molar-refractivity contribution in [3.8, 4) is 0 Å². The van der Waals surface area contributed by atoms with Gasteiger partial charge in [0, 0.05) is 30.0 Å². The van der Waals surface area contributed by atoms with Gasteiger partial charge in [-0.05, 0) is 62.6 Å². The zero-order valence-electron chi connectivity index (χ0n) is 20.3. The van der Waals surface area contributed by atoms with Crippen LogP contribution in [0.1, 0.15) is 72.0 Å². The summed E-state index contributed by atoms with van der Waals surface area (Å²) < 4.78 is 7.88. The summed E-state index contributed by atoms with van der Waals surface area (Å²) >= 11 is 0. The average molecular weight is 450 g/mol. The molecule has 33 heavy (non-hydrogen) atoms. The maximum Gasteiger partial charge on any atom is 0.287 e. The Bertz CT molecular complexity index is 1060. The number of carbonyl (C=O) groups excluding carboxylic acids is 2. The van der Waals surface area contributed by atoms with Gasteiger partial charge in [0.2, 0.25) is 0 Å². The van der Waals surface area contributed by atoms with E-state index in [0.717, 1.165) is 17.7 Å². The lowest BCUT2D eigenvalue weighted by molar-refractivity contribution is 0.0739. The van der Waals surface area contributed by atoms with Crippen molar-refractivity contribution in [1.29, 1.82) is 0 Å². The van der Waals surface area contributed by atoms with E-state index in [1.165, 1.54) is 0 Å². The van der Waals surface area contributed by atoms with Crippen LogP contribution < -0.4 is 5.32 Å². The van der Waals surface area contributed by atoms with E-state index in [2.05, 4.69) is 30.7 Å². The number of nitrogens with zero attached hydrogens (tertiary/aromatic N) is 2. The van der Waals surface area contributed by atoms with E-state index in [1.54, 1.807) is 6.07 Å². The third-order valence-electron chi connectivity index (χ3n) is 5.93. The molecule has 2 amide bonds. The Labute approximate surface area is 196 Å². The van der Waals surface area contributed by atoms with Crippen LogP contribution in [-0.2, 0) is 13.1 Å². The quantitative estimate of drug-likeness (QED) is 0.459. The summed E-state index contributed by atoms with van der Waals surface area (Å²) in [7, 11) is 0. The van der Waals surface area contributed by atoms with Gasteiger partial charge in [0.15, 0.2) is 5.76 Å². The normalized spacial score (nSPS) is 12.1. The van der Waals surface area contributed by atoms with Gasteiger partial charge in [-0.1, -0.05) is 38.5 Å². The maximum absolute atomic E-state index is 13.1. The van der Waals surface area contributed by atoms with Crippen molar-refractivity contribution in [1.82, 2.24) is 14.8 Å². The van der Waals surface area contributed by atoms with Crippen LogP contribution in [0.4, 0.5) is 0 Å². The molecule has 0 spiro atoms. The van der Waals surface area contributed by atoms with Crippen molar-refractivity contribution in [2.45, 2.75) is 60.2 Å². The van der Waals surface area contributed by atoms with Gasteiger partial charge in [-0.25, -0.2) is 0 Å². The lowest BCUT2D eigenvalue weighted by Gasteiger charge is -2.23. The predicted octanol–water partition coefficient (Wildman–Crippen LogP) is 5.26. The first kappa shape index (κ1) is 24.4. The zero-order chi connectivity index (χ0) is 24.0. The standard InChI is InChI=1S/C27H35N3O3/c1-6-15-30(27(32)22-11-9-20(4)10-12-22)17-23-8-7-16-29(23)18-24-13-14-25(33-24)26(31)28-21(5)19(2)3/h7-14,16,19,21H,6,15,17-18H2,1-5H3,(H,28,31). The topological polar surface area (TPSA) is 67.5 Å². The van der Waals surface area contributed by atoms with Gasteiger partial charge >= 0.3 is 0 Å². The molecule has 1 unspecified atom stereocenters. The molecule has 2 heterocycles.